The van der Waals surface area contributed by atoms with E-state index in [1.807, 2.05) is 48.7 Å². The van der Waals surface area contributed by atoms with Crippen LogP contribution in [0.5, 0.6) is 0 Å². The maximum Gasteiger partial charge on any atom is 0.273 e. The maximum atomic E-state index is 12.3. The fraction of sp³-hybridized carbons (Fsp3) is 0.143. The highest BCUT2D eigenvalue weighted by Crippen LogP contribution is 2.23. The first kappa shape index (κ1) is 17.8. The first-order valence-corrected chi connectivity index (χ1v) is 8.99. The van der Waals surface area contributed by atoms with Gasteiger partial charge in [-0.2, -0.15) is 0 Å². The predicted molar refractivity (Wildman–Crippen MR) is 107 cm³/mol. The first-order chi connectivity index (χ1) is 13.6. The Morgan fingerprint density at radius 1 is 1.14 bits per heavy atom. The van der Waals surface area contributed by atoms with Crippen molar-refractivity contribution in [3.63, 3.8) is 0 Å². The molecule has 7 nitrogen and oxygen atoms in total. The standard InChI is InChI=1S/C21H21N5O2/c22-16-7-3-1-5-13(16)10-25-20(27)19-12-28-21(26-19)17(23)9-14-11-24-18-8-4-2-6-15(14)18/h1-8,11-12,17,24H,9-10,22-23H2,(H,25,27). The summed E-state index contributed by atoms with van der Waals surface area (Å²) in [7, 11) is 0. The van der Waals surface area contributed by atoms with Crippen molar-refractivity contribution in [3.05, 3.63) is 83.7 Å². The number of H-pyrrole nitrogens is 1. The molecule has 2 aromatic heterocycles. The maximum absolute atomic E-state index is 12.3. The first-order valence-electron chi connectivity index (χ1n) is 8.99. The normalized spacial score (nSPS) is 12.2. The molecule has 0 aliphatic heterocycles. The number of aromatic amines is 1. The monoisotopic (exact) mass is 375 g/mol. The van der Waals surface area contributed by atoms with E-state index in [2.05, 4.69) is 15.3 Å². The summed E-state index contributed by atoms with van der Waals surface area (Å²) in [5.74, 6) is -0.00722. The lowest BCUT2D eigenvalue weighted by molar-refractivity contribution is 0.0946. The van der Waals surface area contributed by atoms with Crippen LogP contribution in [0.3, 0.4) is 0 Å². The van der Waals surface area contributed by atoms with Gasteiger partial charge in [-0.25, -0.2) is 4.98 Å². The van der Waals surface area contributed by atoms with Gasteiger partial charge in [0.05, 0.1) is 6.04 Å². The van der Waals surface area contributed by atoms with Crippen LogP contribution < -0.4 is 16.8 Å². The minimum atomic E-state index is -0.453. The minimum absolute atomic E-state index is 0.193. The molecule has 7 heteroatoms. The Labute approximate surface area is 161 Å². The third kappa shape index (κ3) is 3.60. The van der Waals surface area contributed by atoms with Crippen molar-refractivity contribution in [1.82, 2.24) is 15.3 Å². The van der Waals surface area contributed by atoms with Crippen molar-refractivity contribution in [3.8, 4) is 0 Å². The van der Waals surface area contributed by atoms with Gasteiger partial charge in [0.15, 0.2) is 5.69 Å². The number of para-hydroxylation sites is 2. The summed E-state index contributed by atoms with van der Waals surface area (Å²) in [5.41, 5.74) is 15.9. The van der Waals surface area contributed by atoms with Crippen LogP contribution >= 0.6 is 0 Å². The summed E-state index contributed by atoms with van der Waals surface area (Å²) in [5, 5.41) is 3.90. The van der Waals surface area contributed by atoms with Crippen LogP contribution in [-0.2, 0) is 13.0 Å². The molecule has 0 spiro atoms. The van der Waals surface area contributed by atoms with Crippen LogP contribution in [0, 0.1) is 0 Å². The van der Waals surface area contributed by atoms with E-state index in [-0.39, 0.29) is 11.6 Å². The van der Waals surface area contributed by atoms with Gasteiger partial charge in [-0.3, -0.25) is 4.79 Å². The topological polar surface area (TPSA) is 123 Å². The van der Waals surface area contributed by atoms with Crippen molar-refractivity contribution in [2.75, 3.05) is 5.73 Å². The van der Waals surface area contributed by atoms with Gasteiger partial charge in [-0.05, 0) is 29.7 Å². The number of nitrogen functional groups attached to an aromatic ring is 1. The Morgan fingerprint density at radius 3 is 2.79 bits per heavy atom. The predicted octanol–water partition coefficient (Wildman–Crippen LogP) is 2.91. The van der Waals surface area contributed by atoms with Gasteiger partial charge in [0, 0.05) is 29.3 Å². The van der Waals surface area contributed by atoms with Crippen molar-refractivity contribution in [1.29, 1.82) is 0 Å². The molecule has 2 heterocycles. The van der Waals surface area contributed by atoms with E-state index in [9.17, 15) is 4.79 Å². The van der Waals surface area contributed by atoms with Crippen LogP contribution in [0.15, 0.2) is 65.4 Å². The summed E-state index contributed by atoms with van der Waals surface area (Å²) < 4.78 is 5.45. The van der Waals surface area contributed by atoms with Crippen molar-refractivity contribution < 1.29 is 9.21 Å². The van der Waals surface area contributed by atoms with E-state index in [1.165, 1.54) is 6.26 Å². The van der Waals surface area contributed by atoms with Crippen LogP contribution in [0.4, 0.5) is 5.69 Å². The SMILES string of the molecule is Nc1ccccc1CNC(=O)c1coc(C(N)Cc2c[nH]c3ccccc23)n1. The molecule has 4 aromatic rings. The number of nitrogens with zero attached hydrogens (tertiary/aromatic N) is 1. The smallest absolute Gasteiger partial charge is 0.273 e. The summed E-state index contributed by atoms with van der Waals surface area (Å²) in [6.45, 7) is 0.315. The van der Waals surface area contributed by atoms with E-state index >= 15 is 0 Å². The highest BCUT2D eigenvalue weighted by Gasteiger charge is 2.18. The quantitative estimate of drug-likeness (QED) is 0.386. The molecular weight excluding hydrogens is 354 g/mol. The van der Waals surface area contributed by atoms with Crippen molar-refractivity contribution in [2.45, 2.75) is 19.0 Å². The van der Waals surface area contributed by atoms with Gasteiger partial charge in [0.1, 0.15) is 6.26 Å². The molecule has 0 aliphatic carbocycles. The minimum Gasteiger partial charge on any atom is -0.446 e. The number of fused-ring (bicyclic) bond motifs is 1. The van der Waals surface area contributed by atoms with Gasteiger partial charge in [0.2, 0.25) is 5.89 Å². The van der Waals surface area contributed by atoms with E-state index in [0.29, 0.717) is 24.5 Å². The van der Waals surface area contributed by atoms with Crippen LogP contribution in [0.2, 0.25) is 0 Å². The second-order valence-electron chi connectivity index (χ2n) is 6.62. The highest BCUT2D eigenvalue weighted by molar-refractivity contribution is 5.92. The molecule has 1 unspecified atom stereocenters. The average Bonchev–Trinajstić information content (AvgIpc) is 3.35. The second-order valence-corrected chi connectivity index (χ2v) is 6.62. The number of oxazole rings is 1. The van der Waals surface area contributed by atoms with Gasteiger partial charge in [-0.1, -0.05) is 36.4 Å². The fourth-order valence-electron chi connectivity index (χ4n) is 3.15. The van der Waals surface area contributed by atoms with Crippen LogP contribution in [0.25, 0.3) is 10.9 Å². The number of nitrogens with two attached hydrogens (primary N) is 2. The molecule has 2 aromatic carbocycles. The highest BCUT2D eigenvalue weighted by atomic mass is 16.3. The lowest BCUT2D eigenvalue weighted by atomic mass is 10.1. The summed E-state index contributed by atoms with van der Waals surface area (Å²) in [4.78, 5) is 19.8. The van der Waals surface area contributed by atoms with E-state index < -0.39 is 6.04 Å². The van der Waals surface area contributed by atoms with E-state index in [4.69, 9.17) is 15.9 Å². The molecule has 1 atom stereocenters. The van der Waals surface area contributed by atoms with Crippen molar-refractivity contribution in [2.24, 2.45) is 5.73 Å². The Bertz CT molecular complexity index is 1110. The zero-order valence-electron chi connectivity index (χ0n) is 15.2. The van der Waals surface area contributed by atoms with Gasteiger partial charge in [0.25, 0.3) is 5.91 Å². The number of hydrogen-bond donors (Lipinski definition) is 4. The zero-order valence-corrected chi connectivity index (χ0v) is 15.2. The van der Waals surface area contributed by atoms with E-state index in [1.54, 1.807) is 6.07 Å². The Hall–Kier alpha value is -3.58. The number of rotatable bonds is 6. The number of nitrogens with one attached hydrogen (secondary N) is 2. The number of carbonyl (C=O) groups excluding carboxylic acids is 1. The molecule has 0 fully saturated rings. The second kappa shape index (κ2) is 7.58. The van der Waals surface area contributed by atoms with Gasteiger partial charge in [-0.15, -0.1) is 0 Å². The van der Waals surface area contributed by atoms with Crippen molar-refractivity contribution >= 4 is 22.5 Å². The number of benzene rings is 2. The lowest BCUT2D eigenvalue weighted by Crippen LogP contribution is -2.24. The molecule has 28 heavy (non-hydrogen) atoms. The van der Waals surface area contributed by atoms with E-state index in [0.717, 1.165) is 22.0 Å². The molecule has 142 valence electrons. The summed E-state index contributed by atoms with van der Waals surface area (Å²) in [6, 6.07) is 14.9. The summed E-state index contributed by atoms with van der Waals surface area (Å²) in [6.07, 6.45) is 3.81. The third-order valence-corrected chi connectivity index (χ3v) is 4.68. The zero-order chi connectivity index (χ0) is 19.5. The molecule has 0 saturated heterocycles. The fourth-order valence-corrected chi connectivity index (χ4v) is 3.15. The molecule has 6 N–H and O–H groups in total. The molecule has 0 bridgehead atoms. The lowest BCUT2D eigenvalue weighted by Gasteiger charge is -2.07. The Balaban J connectivity index is 1.42. The number of carbonyl (C=O) groups is 1. The number of amides is 1. The average molecular weight is 375 g/mol. The van der Waals surface area contributed by atoms with Gasteiger partial charge >= 0.3 is 0 Å². The molecule has 0 aliphatic rings. The summed E-state index contributed by atoms with van der Waals surface area (Å²) >= 11 is 0. The van der Waals surface area contributed by atoms with Crippen LogP contribution in [0.1, 0.15) is 33.5 Å². The molecule has 0 saturated carbocycles. The molecule has 1 amide bonds. The third-order valence-electron chi connectivity index (χ3n) is 4.68. The van der Waals surface area contributed by atoms with Gasteiger partial charge < -0.3 is 26.2 Å². The molecule has 0 radical (unpaired) electrons. The largest absolute Gasteiger partial charge is 0.446 e. The number of aromatic nitrogens is 2. The Kier molecular flexibility index (Phi) is 4.82. The molecular formula is C21H21N5O2. The van der Waals surface area contributed by atoms with Crippen LogP contribution in [-0.4, -0.2) is 15.9 Å². The molecule has 4 rings (SSSR count). The number of hydrogen-bond acceptors (Lipinski definition) is 5. The number of anilines is 1. The Morgan fingerprint density at radius 2 is 1.93 bits per heavy atom.